The van der Waals surface area contributed by atoms with Gasteiger partial charge in [0.05, 0.1) is 15.5 Å². The number of nitrogens with one attached hydrogen (secondary N) is 1. The summed E-state index contributed by atoms with van der Waals surface area (Å²) in [6.07, 6.45) is 0.764. The summed E-state index contributed by atoms with van der Waals surface area (Å²) >= 11 is 6.00. The molecule has 0 radical (unpaired) electrons. The van der Waals surface area contributed by atoms with Crippen molar-refractivity contribution in [1.29, 1.82) is 0 Å². The van der Waals surface area contributed by atoms with Crippen molar-refractivity contribution in [3.8, 4) is 0 Å². The second-order valence-electron chi connectivity index (χ2n) is 6.05. The summed E-state index contributed by atoms with van der Waals surface area (Å²) in [5.41, 5.74) is 2.47. The third-order valence-electron chi connectivity index (χ3n) is 4.33. The molecule has 26 heavy (non-hydrogen) atoms. The molecule has 3 rings (SSSR count). The largest absolute Gasteiger partial charge is 0.338 e. The highest BCUT2D eigenvalue weighted by Gasteiger charge is 2.20. The van der Waals surface area contributed by atoms with Crippen molar-refractivity contribution >= 4 is 34.8 Å². The second kappa shape index (κ2) is 7.13. The van der Waals surface area contributed by atoms with Crippen LogP contribution in [-0.4, -0.2) is 28.2 Å². The van der Waals surface area contributed by atoms with E-state index in [0.717, 1.165) is 23.6 Å². The van der Waals surface area contributed by atoms with Crippen LogP contribution >= 0.6 is 11.6 Å². The highest BCUT2D eigenvalue weighted by atomic mass is 35.5. The van der Waals surface area contributed by atoms with Gasteiger partial charge in [-0.2, -0.15) is 0 Å². The van der Waals surface area contributed by atoms with Gasteiger partial charge in [0.15, 0.2) is 0 Å². The van der Waals surface area contributed by atoms with Crippen LogP contribution in [0.15, 0.2) is 36.4 Å². The third-order valence-corrected chi connectivity index (χ3v) is 4.66. The second-order valence-corrected chi connectivity index (χ2v) is 6.46. The predicted molar refractivity (Wildman–Crippen MR) is 97.3 cm³/mol. The number of halogens is 1. The van der Waals surface area contributed by atoms with E-state index < -0.39 is 10.8 Å². The molecule has 0 bridgehead atoms. The number of rotatable bonds is 3. The Hall–Kier alpha value is -2.93. The average Bonchev–Trinajstić information content (AvgIpc) is 2.61. The van der Waals surface area contributed by atoms with Crippen molar-refractivity contribution in [2.45, 2.75) is 19.9 Å². The van der Waals surface area contributed by atoms with Gasteiger partial charge in [-0.1, -0.05) is 17.7 Å². The number of nitrogens with zero attached hydrogens (tertiary/aromatic N) is 2. The van der Waals surface area contributed by atoms with E-state index in [9.17, 15) is 19.7 Å². The van der Waals surface area contributed by atoms with E-state index in [1.807, 2.05) is 12.1 Å². The molecule has 0 saturated heterocycles. The van der Waals surface area contributed by atoms with E-state index in [1.54, 1.807) is 11.0 Å². The van der Waals surface area contributed by atoms with Gasteiger partial charge in [-0.3, -0.25) is 19.7 Å². The van der Waals surface area contributed by atoms with Crippen LogP contribution in [0, 0.1) is 10.1 Å². The molecule has 0 saturated carbocycles. The van der Waals surface area contributed by atoms with Gasteiger partial charge in [0.2, 0.25) is 5.91 Å². The third kappa shape index (κ3) is 3.67. The van der Waals surface area contributed by atoms with Crippen LogP contribution in [0.3, 0.4) is 0 Å². The molecule has 1 aliphatic heterocycles. The molecule has 0 aromatic heterocycles. The summed E-state index contributed by atoms with van der Waals surface area (Å²) < 4.78 is 0. The number of benzene rings is 2. The number of fused-ring (bicyclic) bond motifs is 1. The first-order valence-electron chi connectivity index (χ1n) is 7.98. The highest BCUT2D eigenvalue weighted by Crippen LogP contribution is 2.25. The molecule has 0 aliphatic carbocycles. The molecule has 2 amide bonds. The molecule has 2 aromatic rings. The van der Waals surface area contributed by atoms with E-state index in [1.165, 1.54) is 19.1 Å². The Kier molecular flexibility index (Phi) is 4.90. The van der Waals surface area contributed by atoms with E-state index in [4.69, 9.17) is 11.6 Å². The molecule has 2 aromatic carbocycles. The number of carbonyl (C=O) groups excluding carboxylic acids is 2. The number of nitro benzene ring substituents is 1. The Labute approximate surface area is 154 Å². The van der Waals surface area contributed by atoms with Crippen LogP contribution in [0.25, 0.3) is 0 Å². The lowest BCUT2D eigenvalue weighted by atomic mass is 9.99. The number of non-ortho nitro benzene ring substituents is 1. The maximum Gasteiger partial charge on any atom is 0.270 e. The predicted octanol–water partition coefficient (Wildman–Crippen LogP) is 3.41. The zero-order valence-corrected chi connectivity index (χ0v) is 14.7. The van der Waals surface area contributed by atoms with Gasteiger partial charge in [0.25, 0.3) is 11.6 Å². The highest BCUT2D eigenvalue weighted by molar-refractivity contribution is 6.34. The van der Waals surface area contributed by atoms with Crippen molar-refractivity contribution in [1.82, 2.24) is 4.90 Å². The van der Waals surface area contributed by atoms with Crippen LogP contribution in [0.2, 0.25) is 5.02 Å². The van der Waals surface area contributed by atoms with Crippen LogP contribution in [-0.2, 0) is 17.8 Å². The first kappa shape index (κ1) is 17.9. The molecule has 0 fully saturated rings. The van der Waals surface area contributed by atoms with E-state index in [2.05, 4.69) is 5.32 Å². The molecule has 0 atom stereocenters. The minimum absolute atomic E-state index is 0.00784. The SMILES string of the molecule is CC(=O)N1CCc2ccc(NC(=O)c3cc([N+](=O)[O-])ccc3Cl)cc2C1. The Morgan fingerprint density at radius 2 is 1.96 bits per heavy atom. The average molecular weight is 374 g/mol. The fourth-order valence-corrected chi connectivity index (χ4v) is 3.11. The standard InChI is InChI=1S/C18H16ClN3O4/c1-11(23)21-7-6-12-2-3-14(8-13(12)10-21)20-18(24)16-9-15(22(25)26)4-5-17(16)19/h2-5,8-9H,6-7,10H2,1H3,(H,20,24). The summed E-state index contributed by atoms with van der Waals surface area (Å²) in [6, 6.07) is 9.21. The summed E-state index contributed by atoms with van der Waals surface area (Å²) in [4.78, 5) is 36.1. The van der Waals surface area contributed by atoms with E-state index in [-0.39, 0.29) is 22.2 Å². The summed E-state index contributed by atoms with van der Waals surface area (Å²) in [6.45, 7) is 2.70. The normalized spacial score (nSPS) is 13.1. The fourth-order valence-electron chi connectivity index (χ4n) is 2.90. The Morgan fingerprint density at radius 1 is 1.19 bits per heavy atom. The van der Waals surface area contributed by atoms with Gasteiger partial charge in [-0.15, -0.1) is 0 Å². The minimum Gasteiger partial charge on any atom is -0.338 e. The molecule has 0 unspecified atom stereocenters. The summed E-state index contributed by atoms with van der Waals surface area (Å²) in [7, 11) is 0. The first-order chi connectivity index (χ1) is 12.3. The van der Waals surface area contributed by atoms with Crippen LogP contribution in [0.4, 0.5) is 11.4 Å². The monoisotopic (exact) mass is 373 g/mol. The zero-order chi connectivity index (χ0) is 18.8. The fraction of sp³-hybridized carbons (Fsp3) is 0.222. The number of carbonyl (C=O) groups is 2. The first-order valence-corrected chi connectivity index (χ1v) is 8.35. The van der Waals surface area contributed by atoms with Gasteiger partial charge in [0, 0.05) is 37.8 Å². The number of hydrogen-bond donors (Lipinski definition) is 1. The number of nitro groups is 1. The van der Waals surface area contributed by atoms with Crippen molar-refractivity contribution in [2.24, 2.45) is 0 Å². The van der Waals surface area contributed by atoms with E-state index >= 15 is 0 Å². The van der Waals surface area contributed by atoms with Gasteiger partial charge in [-0.25, -0.2) is 0 Å². The Balaban J connectivity index is 1.83. The quantitative estimate of drug-likeness (QED) is 0.659. The number of amides is 2. The Morgan fingerprint density at radius 3 is 2.65 bits per heavy atom. The van der Waals surface area contributed by atoms with Gasteiger partial charge >= 0.3 is 0 Å². The maximum absolute atomic E-state index is 12.5. The lowest BCUT2D eigenvalue weighted by molar-refractivity contribution is -0.384. The summed E-state index contributed by atoms with van der Waals surface area (Å²) in [5, 5.41) is 13.7. The molecular formula is C18H16ClN3O4. The molecule has 0 spiro atoms. The molecule has 1 heterocycles. The Bertz CT molecular complexity index is 913. The number of hydrogen-bond acceptors (Lipinski definition) is 4. The molecule has 7 nitrogen and oxygen atoms in total. The van der Waals surface area contributed by atoms with Gasteiger partial charge in [0.1, 0.15) is 0 Å². The van der Waals surface area contributed by atoms with Gasteiger partial charge < -0.3 is 10.2 Å². The van der Waals surface area contributed by atoms with Crippen molar-refractivity contribution in [3.63, 3.8) is 0 Å². The smallest absolute Gasteiger partial charge is 0.270 e. The number of anilines is 1. The van der Waals surface area contributed by atoms with Crippen LogP contribution < -0.4 is 5.32 Å². The van der Waals surface area contributed by atoms with E-state index in [0.29, 0.717) is 18.8 Å². The van der Waals surface area contributed by atoms with Gasteiger partial charge in [-0.05, 0) is 35.7 Å². The van der Waals surface area contributed by atoms with Crippen molar-refractivity contribution in [3.05, 3.63) is 68.2 Å². The molecule has 8 heteroatoms. The maximum atomic E-state index is 12.5. The lowest BCUT2D eigenvalue weighted by Gasteiger charge is -2.28. The molecule has 1 N–H and O–H groups in total. The molecule has 1 aliphatic rings. The zero-order valence-electron chi connectivity index (χ0n) is 14.0. The topological polar surface area (TPSA) is 92.6 Å². The van der Waals surface area contributed by atoms with Crippen LogP contribution in [0.1, 0.15) is 28.4 Å². The van der Waals surface area contributed by atoms with Crippen molar-refractivity contribution in [2.75, 3.05) is 11.9 Å². The van der Waals surface area contributed by atoms with Crippen molar-refractivity contribution < 1.29 is 14.5 Å². The summed E-state index contributed by atoms with van der Waals surface area (Å²) in [5.74, 6) is -0.522. The lowest BCUT2D eigenvalue weighted by Crippen LogP contribution is -2.34. The molecular weight excluding hydrogens is 358 g/mol. The molecule has 134 valence electrons. The minimum atomic E-state index is -0.581. The van der Waals surface area contributed by atoms with Crippen LogP contribution in [0.5, 0.6) is 0 Å².